The molecule has 0 aliphatic carbocycles. The molecule has 0 atom stereocenters. The van der Waals surface area contributed by atoms with Crippen LogP contribution in [0.4, 0.5) is 17.1 Å². The summed E-state index contributed by atoms with van der Waals surface area (Å²) in [6.45, 7) is 0. The smallest absolute Gasteiger partial charge is 0.273 e. The van der Waals surface area contributed by atoms with E-state index in [2.05, 4.69) is 10.6 Å². The van der Waals surface area contributed by atoms with Crippen molar-refractivity contribution >= 4 is 34.6 Å². The predicted molar refractivity (Wildman–Crippen MR) is 97.0 cm³/mol. The second-order valence-electron chi connectivity index (χ2n) is 4.89. The second-order valence-corrected chi connectivity index (χ2v) is 5.30. The van der Waals surface area contributed by atoms with Gasteiger partial charge in [-0.1, -0.05) is 23.7 Å². The lowest BCUT2D eigenvalue weighted by atomic mass is 10.2. The van der Waals surface area contributed by atoms with Crippen LogP contribution in [-0.4, -0.2) is 17.9 Å². The first-order valence-corrected chi connectivity index (χ1v) is 7.59. The van der Waals surface area contributed by atoms with Gasteiger partial charge in [0.15, 0.2) is 0 Å². The summed E-state index contributed by atoms with van der Waals surface area (Å²) in [4.78, 5) is 22.5. The number of rotatable bonds is 6. The van der Waals surface area contributed by atoms with Crippen molar-refractivity contribution in [3.05, 3.63) is 69.4 Å². The number of nitrogens with one attached hydrogen (secondary N) is 2. The predicted octanol–water partition coefficient (Wildman–Crippen LogP) is 3.71. The van der Waals surface area contributed by atoms with Gasteiger partial charge in [-0.05, 0) is 18.2 Å². The molecule has 0 unspecified atom stereocenters. The lowest BCUT2D eigenvalue weighted by Crippen LogP contribution is -2.15. The topological polar surface area (TPSA) is 117 Å². The van der Waals surface area contributed by atoms with E-state index in [0.29, 0.717) is 10.7 Å². The molecule has 2 rings (SSSR count). The Labute approximate surface area is 153 Å². The highest BCUT2D eigenvalue weighted by atomic mass is 35.5. The Bertz CT molecular complexity index is 921. The molecule has 0 radical (unpaired) electrons. The zero-order valence-corrected chi connectivity index (χ0v) is 14.3. The fraction of sp³-hybridized carbons (Fsp3) is 0.0588. The molecule has 0 bridgehead atoms. The summed E-state index contributed by atoms with van der Waals surface area (Å²) >= 11 is 5.99. The maximum atomic E-state index is 12.3. The van der Waals surface area contributed by atoms with E-state index in [1.807, 2.05) is 0 Å². The number of carbonyl (C=O) groups excluding carboxylic acids is 1. The minimum atomic E-state index is -0.709. The van der Waals surface area contributed by atoms with Crippen molar-refractivity contribution in [2.45, 2.75) is 0 Å². The summed E-state index contributed by atoms with van der Waals surface area (Å²) < 4.78 is 5.04. The Morgan fingerprint density at radius 1 is 1.31 bits per heavy atom. The number of non-ortho nitro benzene ring substituents is 1. The third-order valence-electron chi connectivity index (χ3n) is 3.26. The van der Waals surface area contributed by atoms with Crippen molar-refractivity contribution in [2.75, 3.05) is 17.7 Å². The zero-order valence-electron chi connectivity index (χ0n) is 13.5. The molecular formula is C17H13ClN4O4. The van der Waals surface area contributed by atoms with Crippen molar-refractivity contribution in [3.8, 4) is 11.8 Å². The van der Waals surface area contributed by atoms with Gasteiger partial charge in [-0.2, -0.15) is 5.26 Å². The highest BCUT2D eigenvalue weighted by Gasteiger charge is 2.15. The van der Waals surface area contributed by atoms with Crippen LogP contribution in [0.2, 0.25) is 5.02 Å². The van der Waals surface area contributed by atoms with Gasteiger partial charge in [-0.15, -0.1) is 0 Å². The molecule has 0 saturated heterocycles. The lowest BCUT2D eigenvalue weighted by Gasteiger charge is -2.10. The number of nitrogens with zero attached hydrogens (tertiary/aromatic N) is 2. The molecule has 0 aliphatic rings. The quantitative estimate of drug-likeness (QED) is 0.345. The van der Waals surface area contributed by atoms with Gasteiger partial charge in [0.05, 0.1) is 34.5 Å². The SMILES string of the molecule is COc1cc([N+](=O)[O-])ccc1NC(=O)/C(C#N)=C\Nc1ccccc1Cl. The number of hydrogen-bond acceptors (Lipinski definition) is 6. The maximum Gasteiger partial charge on any atom is 0.273 e. The highest BCUT2D eigenvalue weighted by molar-refractivity contribution is 6.33. The molecule has 0 saturated carbocycles. The molecular weight excluding hydrogens is 360 g/mol. The Kier molecular flexibility index (Phi) is 6.14. The largest absolute Gasteiger partial charge is 0.494 e. The van der Waals surface area contributed by atoms with Gasteiger partial charge in [0.1, 0.15) is 17.4 Å². The van der Waals surface area contributed by atoms with E-state index >= 15 is 0 Å². The van der Waals surface area contributed by atoms with E-state index in [-0.39, 0.29) is 22.7 Å². The van der Waals surface area contributed by atoms with Crippen LogP contribution in [0.15, 0.2) is 54.2 Å². The van der Waals surface area contributed by atoms with E-state index < -0.39 is 10.8 Å². The number of ether oxygens (including phenoxy) is 1. The van der Waals surface area contributed by atoms with Crippen LogP contribution >= 0.6 is 11.6 Å². The van der Waals surface area contributed by atoms with E-state index in [9.17, 15) is 20.2 Å². The number of halogens is 1. The number of nitriles is 1. The van der Waals surface area contributed by atoms with Gasteiger partial charge in [-0.3, -0.25) is 14.9 Å². The van der Waals surface area contributed by atoms with Gasteiger partial charge in [0.25, 0.3) is 11.6 Å². The van der Waals surface area contributed by atoms with Crippen LogP contribution < -0.4 is 15.4 Å². The van der Waals surface area contributed by atoms with Gasteiger partial charge >= 0.3 is 0 Å². The Morgan fingerprint density at radius 3 is 2.65 bits per heavy atom. The molecule has 0 spiro atoms. The number of nitro benzene ring substituents is 1. The van der Waals surface area contributed by atoms with Gasteiger partial charge in [0, 0.05) is 12.3 Å². The average Bonchev–Trinajstić information content (AvgIpc) is 2.63. The van der Waals surface area contributed by atoms with Crippen LogP contribution in [0.3, 0.4) is 0 Å². The lowest BCUT2D eigenvalue weighted by molar-refractivity contribution is -0.384. The molecule has 9 heteroatoms. The van der Waals surface area contributed by atoms with Crippen molar-refractivity contribution < 1.29 is 14.5 Å². The molecule has 0 aromatic heterocycles. The number of carbonyl (C=O) groups is 1. The summed E-state index contributed by atoms with van der Waals surface area (Å²) in [6, 6.07) is 12.3. The number of amides is 1. The molecule has 2 aromatic rings. The normalized spacial score (nSPS) is 10.6. The van der Waals surface area contributed by atoms with Crippen molar-refractivity contribution in [3.63, 3.8) is 0 Å². The van der Waals surface area contributed by atoms with Gasteiger partial charge in [-0.25, -0.2) is 0 Å². The van der Waals surface area contributed by atoms with E-state index in [1.54, 1.807) is 30.3 Å². The number of para-hydroxylation sites is 1. The third-order valence-corrected chi connectivity index (χ3v) is 3.58. The maximum absolute atomic E-state index is 12.3. The van der Waals surface area contributed by atoms with Crippen LogP contribution in [0, 0.1) is 21.4 Å². The second kappa shape index (κ2) is 8.50. The molecule has 26 heavy (non-hydrogen) atoms. The number of benzene rings is 2. The summed E-state index contributed by atoms with van der Waals surface area (Å²) in [5.41, 5.74) is 0.325. The first kappa shape index (κ1) is 18.8. The van der Waals surface area contributed by atoms with Crippen LogP contribution in [-0.2, 0) is 4.79 Å². The fourth-order valence-corrected chi connectivity index (χ4v) is 2.15. The first-order chi connectivity index (χ1) is 12.5. The van der Waals surface area contributed by atoms with Crippen LogP contribution in [0.25, 0.3) is 0 Å². The zero-order chi connectivity index (χ0) is 19.1. The van der Waals surface area contributed by atoms with Crippen LogP contribution in [0.5, 0.6) is 5.75 Å². The van der Waals surface area contributed by atoms with Crippen molar-refractivity contribution in [2.24, 2.45) is 0 Å². The van der Waals surface area contributed by atoms with Crippen LogP contribution in [0.1, 0.15) is 0 Å². The Balaban J connectivity index is 2.19. The Hall–Kier alpha value is -3.57. The minimum absolute atomic E-state index is 0.101. The molecule has 1 amide bonds. The summed E-state index contributed by atoms with van der Waals surface area (Å²) in [6.07, 6.45) is 1.22. The number of hydrogen-bond donors (Lipinski definition) is 2. The number of nitro groups is 1. The fourth-order valence-electron chi connectivity index (χ4n) is 1.96. The Morgan fingerprint density at radius 2 is 2.04 bits per heavy atom. The van der Waals surface area contributed by atoms with Crippen molar-refractivity contribution in [1.29, 1.82) is 5.26 Å². The van der Waals surface area contributed by atoms with E-state index in [0.717, 1.165) is 0 Å². The molecule has 0 aliphatic heterocycles. The summed E-state index contributed by atoms with van der Waals surface area (Å²) in [5.74, 6) is -0.608. The van der Waals surface area contributed by atoms with E-state index in [4.69, 9.17) is 16.3 Å². The molecule has 0 fully saturated rings. The highest BCUT2D eigenvalue weighted by Crippen LogP contribution is 2.29. The third kappa shape index (κ3) is 4.49. The number of anilines is 2. The van der Waals surface area contributed by atoms with Gasteiger partial charge < -0.3 is 15.4 Å². The van der Waals surface area contributed by atoms with Gasteiger partial charge in [0.2, 0.25) is 0 Å². The standard InChI is InChI=1S/C17H13ClN4O4/c1-26-16-8-12(22(24)25)6-7-15(16)21-17(23)11(9-19)10-20-14-5-3-2-4-13(14)18/h2-8,10,20H,1H3,(H,21,23)/b11-10-. The minimum Gasteiger partial charge on any atom is -0.494 e. The molecule has 8 nitrogen and oxygen atoms in total. The average molecular weight is 373 g/mol. The van der Waals surface area contributed by atoms with Crippen molar-refractivity contribution in [1.82, 2.24) is 0 Å². The number of methoxy groups -OCH3 is 1. The summed E-state index contributed by atoms with van der Waals surface area (Å²) in [5, 5.41) is 25.7. The molecule has 2 N–H and O–H groups in total. The molecule has 2 aromatic carbocycles. The summed E-state index contributed by atoms with van der Waals surface area (Å²) in [7, 11) is 1.31. The first-order valence-electron chi connectivity index (χ1n) is 7.21. The molecule has 0 heterocycles. The van der Waals surface area contributed by atoms with E-state index in [1.165, 1.54) is 31.5 Å². The monoisotopic (exact) mass is 372 g/mol. The molecule has 132 valence electrons.